The van der Waals surface area contributed by atoms with Crippen LogP contribution in [0.1, 0.15) is 17.5 Å². The van der Waals surface area contributed by atoms with Gasteiger partial charge in [-0.1, -0.05) is 0 Å². The van der Waals surface area contributed by atoms with Gasteiger partial charge >= 0.3 is 0 Å². The van der Waals surface area contributed by atoms with Gasteiger partial charge in [0.2, 0.25) is 10.0 Å². The predicted molar refractivity (Wildman–Crippen MR) is 77.7 cm³/mol. The molecule has 6 nitrogen and oxygen atoms in total. The fourth-order valence-electron chi connectivity index (χ4n) is 2.30. The second-order valence-electron chi connectivity index (χ2n) is 5.18. The van der Waals surface area contributed by atoms with Crippen molar-refractivity contribution >= 4 is 25.5 Å². The number of nitrogens with two attached hydrogens (primary N) is 1. The minimum Gasteiger partial charge on any atom is -0.399 e. The first-order chi connectivity index (χ1) is 9.11. The molecular weight excluding hydrogens is 300 g/mol. The number of sulfone groups is 1. The summed E-state index contributed by atoms with van der Waals surface area (Å²) in [5.74, 6) is -0.123. The summed E-state index contributed by atoms with van der Waals surface area (Å²) in [6.07, 6.45) is 0.307. The maximum atomic E-state index is 12.4. The minimum atomic E-state index is -3.76. The number of nitrogen functional groups attached to an aromatic ring is 1. The van der Waals surface area contributed by atoms with E-state index < -0.39 is 25.9 Å². The molecule has 0 bridgehead atoms. The highest BCUT2D eigenvalue weighted by Gasteiger charge is 2.32. The fraction of sp³-hybridized carbons (Fsp3) is 0.500. The van der Waals surface area contributed by atoms with Gasteiger partial charge in [0.1, 0.15) is 0 Å². The Morgan fingerprint density at radius 2 is 1.95 bits per heavy atom. The number of hydrogen-bond donors (Lipinski definition) is 2. The van der Waals surface area contributed by atoms with E-state index in [1.54, 1.807) is 19.9 Å². The molecule has 1 heterocycles. The second-order valence-corrected chi connectivity index (χ2v) is 9.09. The van der Waals surface area contributed by atoms with Crippen molar-refractivity contribution in [2.75, 3.05) is 17.2 Å². The Morgan fingerprint density at radius 3 is 2.50 bits per heavy atom. The number of anilines is 1. The maximum absolute atomic E-state index is 12.4. The highest BCUT2D eigenvalue weighted by Crippen LogP contribution is 2.23. The van der Waals surface area contributed by atoms with Crippen molar-refractivity contribution in [1.29, 1.82) is 0 Å². The van der Waals surface area contributed by atoms with E-state index in [1.807, 2.05) is 0 Å². The van der Waals surface area contributed by atoms with Gasteiger partial charge in [-0.3, -0.25) is 0 Å². The van der Waals surface area contributed by atoms with Crippen LogP contribution in [0.5, 0.6) is 0 Å². The van der Waals surface area contributed by atoms with Gasteiger partial charge in [0.15, 0.2) is 9.84 Å². The molecule has 0 aliphatic carbocycles. The first-order valence-electron chi connectivity index (χ1n) is 6.20. The average molecular weight is 318 g/mol. The molecule has 1 atom stereocenters. The molecule has 1 unspecified atom stereocenters. The SMILES string of the molecule is Cc1cc(N)cc(S(=O)(=O)NC2CCS(=O)(=O)C2)c1C. The predicted octanol–water partition coefficient (Wildman–Crippen LogP) is 0.351. The van der Waals surface area contributed by atoms with E-state index in [0.29, 0.717) is 17.7 Å². The van der Waals surface area contributed by atoms with Crippen LogP contribution in [0.25, 0.3) is 0 Å². The van der Waals surface area contributed by atoms with E-state index in [0.717, 1.165) is 5.56 Å². The van der Waals surface area contributed by atoms with Gasteiger partial charge in [-0.2, -0.15) is 0 Å². The van der Waals surface area contributed by atoms with Gasteiger partial charge in [-0.15, -0.1) is 0 Å². The van der Waals surface area contributed by atoms with Crippen LogP contribution in [0, 0.1) is 13.8 Å². The van der Waals surface area contributed by atoms with Crippen molar-refractivity contribution < 1.29 is 16.8 Å². The van der Waals surface area contributed by atoms with Crippen LogP contribution >= 0.6 is 0 Å². The Morgan fingerprint density at radius 1 is 1.30 bits per heavy atom. The fourth-order valence-corrected chi connectivity index (χ4v) is 5.71. The Labute approximate surface area is 119 Å². The molecule has 1 fully saturated rings. The van der Waals surface area contributed by atoms with Crippen LogP contribution < -0.4 is 10.5 Å². The zero-order chi connectivity index (χ0) is 15.1. The van der Waals surface area contributed by atoms with Gasteiger partial charge in [0, 0.05) is 11.7 Å². The molecule has 0 saturated carbocycles. The van der Waals surface area contributed by atoms with Crippen LogP contribution in [-0.2, 0) is 19.9 Å². The third-order valence-corrected chi connectivity index (χ3v) is 6.90. The molecule has 112 valence electrons. The summed E-state index contributed by atoms with van der Waals surface area (Å²) in [5.41, 5.74) is 7.46. The van der Waals surface area contributed by atoms with Crippen LogP contribution in [0.4, 0.5) is 5.69 Å². The smallest absolute Gasteiger partial charge is 0.241 e. The lowest BCUT2D eigenvalue weighted by molar-refractivity contribution is 0.562. The lowest BCUT2D eigenvalue weighted by atomic mass is 10.1. The Bertz CT molecular complexity index is 739. The Hall–Kier alpha value is -1.12. The third-order valence-electron chi connectivity index (χ3n) is 3.49. The van der Waals surface area contributed by atoms with Crippen LogP contribution in [-0.4, -0.2) is 34.4 Å². The molecule has 0 amide bonds. The molecule has 3 N–H and O–H groups in total. The Kier molecular flexibility index (Phi) is 3.83. The molecule has 0 radical (unpaired) electrons. The van der Waals surface area contributed by atoms with Gasteiger partial charge < -0.3 is 5.73 Å². The van der Waals surface area contributed by atoms with Crippen molar-refractivity contribution in [2.24, 2.45) is 0 Å². The molecule has 1 aliphatic heterocycles. The van der Waals surface area contributed by atoms with E-state index in [4.69, 9.17) is 5.73 Å². The van der Waals surface area contributed by atoms with E-state index in [1.165, 1.54) is 6.07 Å². The van der Waals surface area contributed by atoms with Crippen molar-refractivity contribution in [2.45, 2.75) is 31.2 Å². The molecule has 1 aromatic carbocycles. The van der Waals surface area contributed by atoms with Gasteiger partial charge in [0.25, 0.3) is 0 Å². The summed E-state index contributed by atoms with van der Waals surface area (Å²) in [5, 5.41) is 0. The highest BCUT2D eigenvalue weighted by atomic mass is 32.2. The van der Waals surface area contributed by atoms with Crippen molar-refractivity contribution in [3.63, 3.8) is 0 Å². The van der Waals surface area contributed by atoms with E-state index in [2.05, 4.69) is 4.72 Å². The molecule has 0 spiro atoms. The summed E-state index contributed by atoms with van der Waals surface area (Å²) >= 11 is 0. The van der Waals surface area contributed by atoms with Crippen LogP contribution in [0.15, 0.2) is 17.0 Å². The monoisotopic (exact) mass is 318 g/mol. The number of nitrogens with one attached hydrogen (secondary N) is 1. The lowest BCUT2D eigenvalue weighted by Crippen LogP contribution is -2.36. The molecular formula is C12H18N2O4S2. The quantitative estimate of drug-likeness (QED) is 0.782. The van der Waals surface area contributed by atoms with Crippen LogP contribution in [0.3, 0.4) is 0 Å². The number of rotatable bonds is 3. The summed E-state index contributed by atoms with van der Waals surface area (Å²) in [7, 11) is -6.89. The third kappa shape index (κ3) is 3.13. The molecule has 1 aliphatic rings. The molecule has 20 heavy (non-hydrogen) atoms. The van der Waals surface area contributed by atoms with Crippen molar-refractivity contribution in [1.82, 2.24) is 4.72 Å². The zero-order valence-electron chi connectivity index (χ0n) is 11.4. The van der Waals surface area contributed by atoms with Crippen molar-refractivity contribution in [3.05, 3.63) is 23.3 Å². The summed E-state index contributed by atoms with van der Waals surface area (Å²) in [6.45, 7) is 3.49. The van der Waals surface area contributed by atoms with Gasteiger partial charge in [0.05, 0.1) is 16.4 Å². The highest BCUT2D eigenvalue weighted by molar-refractivity contribution is 7.92. The van der Waals surface area contributed by atoms with E-state index in [9.17, 15) is 16.8 Å². The maximum Gasteiger partial charge on any atom is 0.241 e. The summed E-state index contributed by atoms with van der Waals surface area (Å²) in [4.78, 5) is 0.110. The van der Waals surface area contributed by atoms with Gasteiger partial charge in [-0.05, 0) is 43.5 Å². The standard InChI is InChI=1S/C12H18N2O4S2/c1-8-5-10(13)6-12(9(8)2)20(17,18)14-11-3-4-19(15,16)7-11/h5-6,11,14H,3-4,7,13H2,1-2H3. The molecule has 0 aromatic heterocycles. The first-order valence-corrected chi connectivity index (χ1v) is 9.51. The summed E-state index contributed by atoms with van der Waals surface area (Å²) in [6, 6.07) is 2.54. The first kappa shape index (κ1) is 15.3. The zero-order valence-corrected chi connectivity index (χ0v) is 13.0. The molecule has 2 rings (SSSR count). The van der Waals surface area contributed by atoms with Crippen LogP contribution in [0.2, 0.25) is 0 Å². The molecule has 8 heteroatoms. The van der Waals surface area contributed by atoms with Gasteiger partial charge in [-0.25, -0.2) is 21.6 Å². The normalized spacial score (nSPS) is 22.0. The minimum absolute atomic E-state index is 0.0229. The summed E-state index contributed by atoms with van der Waals surface area (Å²) < 4.78 is 50.0. The number of aryl methyl sites for hydroxylation is 1. The number of sulfonamides is 1. The van der Waals surface area contributed by atoms with E-state index in [-0.39, 0.29) is 16.4 Å². The molecule has 1 aromatic rings. The lowest BCUT2D eigenvalue weighted by Gasteiger charge is -2.15. The Balaban J connectivity index is 2.32. The number of hydrogen-bond acceptors (Lipinski definition) is 5. The molecule has 1 saturated heterocycles. The van der Waals surface area contributed by atoms with Crippen molar-refractivity contribution in [3.8, 4) is 0 Å². The second kappa shape index (κ2) is 5.01. The largest absolute Gasteiger partial charge is 0.399 e. The van der Waals surface area contributed by atoms with E-state index >= 15 is 0 Å². The topological polar surface area (TPSA) is 106 Å². The number of benzene rings is 1. The average Bonchev–Trinajstić information content (AvgIpc) is 2.62.